The van der Waals surface area contributed by atoms with Gasteiger partial charge in [0.2, 0.25) is 0 Å². The molecule has 5 heteroatoms. The molecule has 0 aliphatic carbocycles. The van der Waals surface area contributed by atoms with Crippen LogP contribution in [0.25, 0.3) is 0 Å². The van der Waals surface area contributed by atoms with E-state index in [0.717, 1.165) is 0 Å². The Balaban J connectivity index is 5.07. The number of ether oxygens (including phenoxy) is 1. The predicted octanol–water partition coefficient (Wildman–Crippen LogP) is 1.12. The maximum absolute atomic E-state index is 10.9. The number of hydrogen-bond acceptors (Lipinski definition) is 3. The van der Waals surface area contributed by atoms with Crippen LogP contribution in [-0.4, -0.2) is 33.4 Å². The molecule has 0 aliphatic heterocycles. The lowest BCUT2D eigenvalue weighted by atomic mass is 9.99. The van der Waals surface area contributed by atoms with E-state index in [-0.39, 0.29) is 6.42 Å². The molecule has 2 N–H and O–H groups in total. The van der Waals surface area contributed by atoms with E-state index < -0.39 is 23.1 Å². The second kappa shape index (κ2) is 3.96. The Bertz CT molecular complexity index is 224. The van der Waals surface area contributed by atoms with Gasteiger partial charge in [0.05, 0.1) is 5.60 Å². The van der Waals surface area contributed by atoms with Crippen molar-refractivity contribution >= 4 is 11.9 Å². The van der Waals surface area contributed by atoms with Crippen LogP contribution in [0.15, 0.2) is 0 Å². The van der Waals surface area contributed by atoms with Crippen LogP contribution in [0.5, 0.6) is 0 Å². The standard InChI is InChI=1S/C9H16O5/c1-5-9(6(10)11,7(12)13)14-8(2,3)4/h5H2,1-4H3,(H,10,11)(H,12,13). The summed E-state index contributed by atoms with van der Waals surface area (Å²) in [6.45, 7) is 6.31. The van der Waals surface area contributed by atoms with Crippen molar-refractivity contribution in [1.29, 1.82) is 0 Å². The quantitative estimate of drug-likeness (QED) is 0.670. The Kier molecular flexibility index (Phi) is 3.65. The summed E-state index contributed by atoms with van der Waals surface area (Å²) < 4.78 is 5.10. The van der Waals surface area contributed by atoms with Crippen molar-refractivity contribution in [3.63, 3.8) is 0 Å². The zero-order valence-corrected chi connectivity index (χ0v) is 8.83. The van der Waals surface area contributed by atoms with Gasteiger partial charge in [-0.05, 0) is 27.2 Å². The fraction of sp³-hybridized carbons (Fsp3) is 0.778. The maximum Gasteiger partial charge on any atom is 0.347 e. The Hall–Kier alpha value is -1.10. The van der Waals surface area contributed by atoms with E-state index in [1.807, 2.05) is 0 Å². The highest BCUT2D eigenvalue weighted by Gasteiger charge is 2.49. The summed E-state index contributed by atoms with van der Waals surface area (Å²) in [6.07, 6.45) is -0.116. The van der Waals surface area contributed by atoms with Crippen LogP contribution in [-0.2, 0) is 14.3 Å². The molecule has 82 valence electrons. The minimum atomic E-state index is -2.14. The number of aliphatic carboxylic acids is 2. The maximum atomic E-state index is 10.9. The highest BCUT2D eigenvalue weighted by molar-refractivity contribution is 6.01. The predicted molar refractivity (Wildman–Crippen MR) is 49.1 cm³/mol. The largest absolute Gasteiger partial charge is 0.479 e. The van der Waals surface area contributed by atoms with Crippen molar-refractivity contribution in [2.45, 2.75) is 45.3 Å². The van der Waals surface area contributed by atoms with Crippen molar-refractivity contribution in [1.82, 2.24) is 0 Å². The van der Waals surface area contributed by atoms with E-state index in [1.165, 1.54) is 6.92 Å². The normalized spacial score (nSPS) is 12.6. The van der Waals surface area contributed by atoms with Crippen molar-refractivity contribution in [2.75, 3.05) is 0 Å². The zero-order chi connectivity index (χ0) is 11.6. The lowest BCUT2D eigenvalue weighted by molar-refractivity contribution is -0.200. The van der Waals surface area contributed by atoms with Crippen LogP contribution >= 0.6 is 0 Å². The van der Waals surface area contributed by atoms with E-state index in [2.05, 4.69) is 0 Å². The first-order valence-electron chi connectivity index (χ1n) is 4.32. The van der Waals surface area contributed by atoms with Crippen molar-refractivity contribution < 1.29 is 24.5 Å². The molecular weight excluding hydrogens is 188 g/mol. The summed E-state index contributed by atoms with van der Waals surface area (Å²) in [5.41, 5.74) is -2.95. The van der Waals surface area contributed by atoms with Crippen molar-refractivity contribution in [3.05, 3.63) is 0 Å². The fourth-order valence-corrected chi connectivity index (χ4v) is 1.08. The molecule has 0 bridgehead atoms. The van der Waals surface area contributed by atoms with Gasteiger partial charge in [-0.25, -0.2) is 9.59 Å². The van der Waals surface area contributed by atoms with E-state index in [1.54, 1.807) is 20.8 Å². The third-order valence-corrected chi connectivity index (χ3v) is 1.67. The van der Waals surface area contributed by atoms with Gasteiger partial charge in [-0.3, -0.25) is 0 Å². The first-order chi connectivity index (χ1) is 6.15. The van der Waals surface area contributed by atoms with Gasteiger partial charge in [0.1, 0.15) is 0 Å². The third-order valence-electron chi connectivity index (χ3n) is 1.67. The van der Waals surface area contributed by atoms with Gasteiger partial charge in [0, 0.05) is 0 Å². The topological polar surface area (TPSA) is 83.8 Å². The van der Waals surface area contributed by atoms with E-state index in [4.69, 9.17) is 14.9 Å². The molecule has 0 saturated carbocycles. The van der Waals surface area contributed by atoms with Crippen LogP contribution in [0, 0.1) is 0 Å². The van der Waals surface area contributed by atoms with Crippen LogP contribution in [0.4, 0.5) is 0 Å². The highest BCUT2D eigenvalue weighted by atomic mass is 16.6. The first-order valence-corrected chi connectivity index (χ1v) is 4.32. The molecule has 0 fully saturated rings. The van der Waals surface area contributed by atoms with Gasteiger partial charge in [0.15, 0.2) is 0 Å². The number of hydrogen-bond donors (Lipinski definition) is 2. The molecule has 0 radical (unpaired) electrons. The molecule has 0 saturated heterocycles. The van der Waals surface area contributed by atoms with Crippen LogP contribution < -0.4 is 0 Å². The number of rotatable bonds is 4. The third kappa shape index (κ3) is 2.70. The SMILES string of the molecule is CCC(OC(C)(C)C)(C(=O)O)C(=O)O. The monoisotopic (exact) mass is 204 g/mol. The number of carboxylic acids is 2. The van der Waals surface area contributed by atoms with Gasteiger partial charge < -0.3 is 14.9 Å². The molecule has 14 heavy (non-hydrogen) atoms. The molecule has 0 atom stereocenters. The first kappa shape index (κ1) is 12.9. The summed E-state index contributed by atoms with van der Waals surface area (Å²) in [5, 5.41) is 17.7. The molecule has 0 aromatic carbocycles. The average molecular weight is 204 g/mol. The molecule has 0 unspecified atom stereocenters. The molecule has 0 heterocycles. The minimum Gasteiger partial charge on any atom is -0.479 e. The zero-order valence-electron chi connectivity index (χ0n) is 8.83. The number of carboxylic acid groups (broad SMARTS) is 2. The summed E-state index contributed by atoms with van der Waals surface area (Å²) >= 11 is 0. The van der Waals surface area contributed by atoms with E-state index in [0.29, 0.717) is 0 Å². The molecule has 0 amide bonds. The number of carbonyl (C=O) groups is 2. The highest BCUT2D eigenvalue weighted by Crippen LogP contribution is 2.24. The summed E-state index contributed by atoms with van der Waals surface area (Å²) in [7, 11) is 0. The van der Waals surface area contributed by atoms with E-state index >= 15 is 0 Å². The van der Waals surface area contributed by atoms with Crippen LogP contribution in [0.2, 0.25) is 0 Å². The molecule has 5 nitrogen and oxygen atoms in total. The second-order valence-corrected chi connectivity index (χ2v) is 4.01. The Morgan fingerprint density at radius 1 is 1.14 bits per heavy atom. The molecule has 0 spiro atoms. The van der Waals surface area contributed by atoms with Gasteiger partial charge in [-0.15, -0.1) is 0 Å². The van der Waals surface area contributed by atoms with Crippen molar-refractivity contribution in [2.24, 2.45) is 0 Å². The van der Waals surface area contributed by atoms with Gasteiger partial charge in [-0.1, -0.05) is 6.92 Å². The average Bonchev–Trinajstić information content (AvgIpc) is 1.97. The molecule has 0 aliphatic rings. The second-order valence-electron chi connectivity index (χ2n) is 4.01. The fourth-order valence-electron chi connectivity index (χ4n) is 1.08. The van der Waals surface area contributed by atoms with Crippen molar-refractivity contribution in [3.8, 4) is 0 Å². The van der Waals surface area contributed by atoms with Gasteiger partial charge >= 0.3 is 11.9 Å². The molecule has 0 aromatic rings. The lowest BCUT2D eigenvalue weighted by Gasteiger charge is -2.31. The smallest absolute Gasteiger partial charge is 0.347 e. The lowest BCUT2D eigenvalue weighted by Crippen LogP contribution is -2.52. The molecule has 0 aromatic heterocycles. The summed E-state index contributed by atoms with van der Waals surface area (Å²) in [6, 6.07) is 0. The van der Waals surface area contributed by atoms with Gasteiger partial charge in [-0.2, -0.15) is 0 Å². The van der Waals surface area contributed by atoms with E-state index in [9.17, 15) is 9.59 Å². The van der Waals surface area contributed by atoms with Crippen LogP contribution in [0.1, 0.15) is 34.1 Å². The Labute approximate surface area is 82.7 Å². The molecule has 0 rings (SSSR count). The minimum absolute atomic E-state index is 0.116. The van der Waals surface area contributed by atoms with Gasteiger partial charge in [0.25, 0.3) is 5.60 Å². The summed E-state index contributed by atoms with van der Waals surface area (Å²) in [5.74, 6) is -2.94. The Morgan fingerprint density at radius 3 is 1.57 bits per heavy atom. The molecular formula is C9H16O5. The summed E-state index contributed by atoms with van der Waals surface area (Å²) in [4.78, 5) is 21.7. The van der Waals surface area contributed by atoms with Crippen LogP contribution in [0.3, 0.4) is 0 Å². The Morgan fingerprint density at radius 2 is 1.50 bits per heavy atom.